The lowest BCUT2D eigenvalue weighted by atomic mass is 10.1. The molecule has 15 heavy (non-hydrogen) atoms. The molecule has 1 aliphatic heterocycles. The topological polar surface area (TPSA) is 51.4 Å². The fourth-order valence-corrected chi connectivity index (χ4v) is 1.93. The van der Waals surface area contributed by atoms with Gasteiger partial charge in [0.2, 0.25) is 0 Å². The molecule has 1 fully saturated rings. The molecule has 2 N–H and O–H groups in total. The highest BCUT2D eigenvalue weighted by Gasteiger charge is 2.20. The van der Waals surface area contributed by atoms with E-state index in [0.717, 1.165) is 31.0 Å². The number of aromatic nitrogens is 1. The molecule has 1 aromatic heterocycles. The number of nitrogens with zero attached hydrogens (tertiary/aromatic N) is 2. The second kappa shape index (κ2) is 4.59. The molecule has 0 saturated carbocycles. The number of pyridine rings is 1. The minimum absolute atomic E-state index is 0.397. The molecule has 2 rings (SSSR count). The Bertz CT molecular complexity index is 329. The smallest absolute Gasteiger partial charge is 0.0668 e. The van der Waals surface area contributed by atoms with E-state index < -0.39 is 0 Å². The second-order valence-electron chi connectivity index (χ2n) is 3.83. The molecule has 0 aromatic carbocycles. The van der Waals surface area contributed by atoms with Crippen molar-refractivity contribution in [1.82, 2.24) is 4.98 Å². The summed E-state index contributed by atoms with van der Waals surface area (Å²) in [5, 5.41) is 0. The highest BCUT2D eigenvalue weighted by Crippen LogP contribution is 2.22. The molecule has 1 atom stereocenters. The summed E-state index contributed by atoms with van der Waals surface area (Å²) in [7, 11) is 0. The van der Waals surface area contributed by atoms with Gasteiger partial charge in [0.25, 0.3) is 0 Å². The van der Waals surface area contributed by atoms with Gasteiger partial charge in [0.1, 0.15) is 0 Å². The summed E-state index contributed by atoms with van der Waals surface area (Å²) in [6.45, 7) is 5.19. The Morgan fingerprint density at radius 2 is 2.53 bits per heavy atom. The molecule has 0 bridgehead atoms. The van der Waals surface area contributed by atoms with Gasteiger partial charge in [-0.1, -0.05) is 0 Å². The zero-order chi connectivity index (χ0) is 10.7. The third-order valence-electron chi connectivity index (χ3n) is 2.78. The largest absolute Gasteiger partial charge is 0.377 e. The number of hydrogen-bond donors (Lipinski definition) is 1. The van der Waals surface area contributed by atoms with Crippen LogP contribution in [-0.2, 0) is 11.3 Å². The van der Waals surface area contributed by atoms with E-state index >= 15 is 0 Å². The summed E-state index contributed by atoms with van der Waals surface area (Å²) in [5.74, 6) is 0. The third kappa shape index (κ3) is 2.11. The molecule has 1 unspecified atom stereocenters. The van der Waals surface area contributed by atoms with E-state index in [1.54, 1.807) is 6.20 Å². The van der Waals surface area contributed by atoms with E-state index in [9.17, 15) is 0 Å². The molecule has 82 valence electrons. The Morgan fingerprint density at radius 3 is 3.27 bits per heavy atom. The van der Waals surface area contributed by atoms with Crippen LogP contribution in [0.1, 0.15) is 12.5 Å². The van der Waals surface area contributed by atoms with Gasteiger partial charge in [0.15, 0.2) is 0 Å². The maximum Gasteiger partial charge on any atom is 0.0668 e. The van der Waals surface area contributed by atoms with E-state index in [-0.39, 0.29) is 0 Å². The van der Waals surface area contributed by atoms with E-state index in [1.807, 2.05) is 12.3 Å². The zero-order valence-corrected chi connectivity index (χ0v) is 9.02. The predicted octanol–water partition coefficient (Wildman–Crippen LogP) is 0.765. The summed E-state index contributed by atoms with van der Waals surface area (Å²) in [6.07, 6.45) is 3.68. The fourth-order valence-electron chi connectivity index (χ4n) is 1.93. The van der Waals surface area contributed by atoms with Crippen LogP contribution in [-0.4, -0.2) is 30.8 Å². The first-order valence-corrected chi connectivity index (χ1v) is 5.30. The van der Waals surface area contributed by atoms with Crippen molar-refractivity contribution in [1.29, 1.82) is 0 Å². The normalized spacial score (nSPS) is 21.7. The molecule has 0 spiro atoms. The summed E-state index contributed by atoms with van der Waals surface area (Å²) in [5.41, 5.74) is 8.02. The van der Waals surface area contributed by atoms with Gasteiger partial charge in [-0.05, 0) is 18.6 Å². The zero-order valence-electron chi connectivity index (χ0n) is 9.02. The van der Waals surface area contributed by atoms with Gasteiger partial charge in [-0.3, -0.25) is 4.98 Å². The SMILES string of the molecule is CC1COCCN1c1cnccc1CN. The fraction of sp³-hybridized carbons (Fsp3) is 0.545. The molecule has 4 heteroatoms. The van der Waals surface area contributed by atoms with Crippen molar-refractivity contribution in [3.05, 3.63) is 24.0 Å². The van der Waals surface area contributed by atoms with Gasteiger partial charge in [0, 0.05) is 25.3 Å². The summed E-state index contributed by atoms with van der Waals surface area (Å²) < 4.78 is 5.41. The maximum atomic E-state index is 5.72. The van der Waals surface area contributed by atoms with Crippen molar-refractivity contribution >= 4 is 5.69 Å². The van der Waals surface area contributed by atoms with Crippen LogP contribution in [0.4, 0.5) is 5.69 Å². The molecule has 2 heterocycles. The lowest BCUT2D eigenvalue weighted by Crippen LogP contribution is -2.44. The number of ether oxygens (including phenoxy) is 1. The van der Waals surface area contributed by atoms with Gasteiger partial charge in [-0.2, -0.15) is 0 Å². The van der Waals surface area contributed by atoms with Crippen LogP contribution < -0.4 is 10.6 Å². The van der Waals surface area contributed by atoms with Crippen molar-refractivity contribution in [2.24, 2.45) is 5.73 Å². The van der Waals surface area contributed by atoms with Crippen molar-refractivity contribution in [2.45, 2.75) is 19.5 Å². The third-order valence-corrected chi connectivity index (χ3v) is 2.78. The highest BCUT2D eigenvalue weighted by molar-refractivity contribution is 5.52. The molecule has 1 saturated heterocycles. The van der Waals surface area contributed by atoms with Crippen molar-refractivity contribution in [2.75, 3.05) is 24.7 Å². The lowest BCUT2D eigenvalue weighted by molar-refractivity contribution is 0.0988. The minimum Gasteiger partial charge on any atom is -0.377 e. The number of hydrogen-bond acceptors (Lipinski definition) is 4. The molecular weight excluding hydrogens is 190 g/mol. The average molecular weight is 207 g/mol. The Morgan fingerprint density at radius 1 is 1.67 bits per heavy atom. The van der Waals surface area contributed by atoms with Gasteiger partial charge < -0.3 is 15.4 Å². The predicted molar refractivity (Wildman–Crippen MR) is 59.8 cm³/mol. The number of nitrogens with two attached hydrogens (primary N) is 1. The van der Waals surface area contributed by atoms with Crippen molar-refractivity contribution in [3.63, 3.8) is 0 Å². The van der Waals surface area contributed by atoms with Crippen LogP contribution in [0.15, 0.2) is 18.5 Å². The van der Waals surface area contributed by atoms with Crippen LogP contribution in [0.2, 0.25) is 0 Å². The Balaban J connectivity index is 2.26. The molecule has 0 aliphatic carbocycles. The van der Waals surface area contributed by atoms with Crippen LogP contribution in [0, 0.1) is 0 Å². The van der Waals surface area contributed by atoms with Crippen LogP contribution in [0.5, 0.6) is 0 Å². The Labute approximate surface area is 90.0 Å². The number of morpholine rings is 1. The summed E-state index contributed by atoms with van der Waals surface area (Å²) >= 11 is 0. The van der Waals surface area contributed by atoms with Gasteiger partial charge in [-0.15, -0.1) is 0 Å². The van der Waals surface area contributed by atoms with Gasteiger partial charge in [0.05, 0.1) is 25.1 Å². The van der Waals surface area contributed by atoms with Gasteiger partial charge >= 0.3 is 0 Å². The Hall–Kier alpha value is -1.13. The molecule has 1 aliphatic rings. The first kappa shape index (κ1) is 10.4. The van der Waals surface area contributed by atoms with E-state index in [1.165, 1.54) is 0 Å². The summed E-state index contributed by atoms with van der Waals surface area (Å²) in [4.78, 5) is 6.48. The molecular formula is C11H17N3O. The highest BCUT2D eigenvalue weighted by atomic mass is 16.5. The Kier molecular flexibility index (Phi) is 3.18. The van der Waals surface area contributed by atoms with Crippen LogP contribution in [0.3, 0.4) is 0 Å². The molecule has 4 nitrogen and oxygen atoms in total. The van der Waals surface area contributed by atoms with E-state index in [0.29, 0.717) is 12.6 Å². The number of anilines is 1. The number of rotatable bonds is 2. The van der Waals surface area contributed by atoms with E-state index in [4.69, 9.17) is 10.5 Å². The lowest BCUT2D eigenvalue weighted by Gasteiger charge is -2.36. The van der Waals surface area contributed by atoms with Crippen molar-refractivity contribution in [3.8, 4) is 0 Å². The molecule has 0 radical (unpaired) electrons. The second-order valence-corrected chi connectivity index (χ2v) is 3.83. The maximum absolute atomic E-state index is 5.72. The standard InChI is InChI=1S/C11H17N3O/c1-9-8-15-5-4-14(9)11-7-13-3-2-10(11)6-12/h2-3,7,9H,4-6,8,12H2,1H3. The summed E-state index contributed by atoms with van der Waals surface area (Å²) in [6, 6.07) is 2.38. The first-order chi connectivity index (χ1) is 7.33. The molecule has 0 amide bonds. The quantitative estimate of drug-likeness (QED) is 0.778. The van der Waals surface area contributed by atoms with Gasteiger partial charge in [-0.25, -0.2) is 0 Å². The van der Waals surface area contributed by atoms with Crippen LogP contribution >= 0.6 is 0 Å². The average Bonchev–Trinajstić information content (AvgIpc) is 2.30. The minimum atomic E-state index is 0.397. The van der Waals surface area contributed by atoms with Crippen LogP contribution in [0.25, 0.3) is 0 Å². The first-order valence-electron chi connectivity index (χ1n) is 5.30. The molecule has 1 aromatic rings. The van der Waals surface area contributed by atoms with Crippen molar-refractivity contribution < 1.29 is 4.74 Å². The van der Waals surface area contributed by atoms with E-state index in [2.05, 4.69) is 16.8 Å². The monoisotopic (exact) mass is 207 g/mol.